The largest absolute Gasteiger partial charge is 0.300 e. The third kappa shape index (κ3) is 29.6. The standard InChI is InChI=1S/3C7H15N.C5H5.Hf/c3*1-4-7-8(5-2)6-3;1-2-4-5-3-1;/h3*4H,1,5-7H2,2-3H3;1-3H,4H2;/q;;;-1;. The van der Waals surface area contributed by atoms with Gasteiger partial charge in [-0.15, -0.1) is 26.2 Å². The maximum absolute atomic E-state index is 3.65. The predicted octanol–water partition coefficient (Wildman–Crippen LogP) is 5.85. The van der Waals surface area contributed by atoms with E-state index in [4.69, 9.17) is 0 Å². The van der Waals surface area contributed by atoms with Crippen molar-refractivity contribution in [2.24, 2.45) is 0 Å². The van der Waals surface area contributed by atoms with Crippen molar-refractivity contribution in [3.05, 3.63) is 62.3 Å². The van der Waals surface area contributed by atoms with Crippen molar-refractivity contribution < 1.29 is 25.8 Å². The van der Waals surface area contributed by atoms with Crippen LogP contribution >= 0.6 is 0 Å². The number of rotatable bonds is 12. The van der Waals surface area contributed by atoms with Crippen LogP contribution in [0.2, 0.25) is 0 Å². The summed E-state index contributed by atoms with van der Waals surface area (Å²) in [5, 5.41) is 0. The van der Waals surface area contributed by atoms with Crippen molar-refractivity contribution in [1.29, 1.82) is 0 Å². The first kappa shape index (κ1) is 36.8. The summed E-state index contributed by atoms with van der Waals surface area (Å²) in [4.78, 5) is 6.94. The fourth-order valence-electron chi connectivity index (χ4n) is 2.33. The molecule has 1 aliphatic carbocycles. The zero-order chi connectivity index (χ0) is 22.8. The Labute approximate surface area is 209 Å². The Morgan fingerprint density at radius 1 is 0.667 bits per heavy atom. The average molecular weight is 583 g/mol. The van der Waals surface area contributed by atoms with E-state index in [1.807, 2.05) is 30.4 Å². The molecule has 30 heavy (non-hydrogen) atoms. The van der Waals surface area contributed by atoms with Gasteiger partial charge in [-0.25, -0.2) is 12.2 Å². The first-order valence-electron chi connectivity index (χ1n) is 11.3. The van der Waals surface area contributed by atoms with Crippen LogP contribution in [-0.2, 0) is 25.8 Å². The maximum Gasteiger partial charge on any atom is 0.0160 e. The van der Waals surface area contributed by atoms with Gasteiger partial charge >= 0.3 is 0 Å². The number of likely N-dealkylation sites (N-methyl/N-ethyl adjacent to an activating group) is 3. The zero-order valence-electron chi connectivity index (χ0n) is 21.0. The van der Waals surface area contributed by atoms with Gasteiger partial charge in [0.2, 0.25) is 0 Å². The summed E-state index contributed by atoms with van der Waals surface area (Å²) in [5.41, 5.74) is 0. The first-order chi connectivity index (χ1) is 14.0. The van der Waals surface area contributed by atoms with Gasteiger partial charge in [0, 0.05) is 45.5 Å². The minimum atomic E-state index is 0. The molecule has 0 N–H and O–H groups in total. The van der Waals surface area contributed by atoms with Crippen molar-refractivity contribution in [3.8, 4) is 0 Å². The Hall–Kier alpha value is -0.550. The van der Waals surface area contributed by atoms with E-state index < -0.39 is 0 Å². The molecule has 0 heterocycles. The smallest absolute Gasteiger partial charge is 0.0160 e. The van der Waals surface area contributed by atoms with Crippen LogP contribution in [0.3, 0.4) is 0 Å². The van der Waals surface area contributed by atoms with Gasteiger partial charge < -0.3 is 14.7 Å². The molecule has 0 aromatic heterocycles. The van der Waals surface area contributed by atoms with Crippen molar-refractivity contribution >= 4 is 0 Å². The Kier molecular flexibility index (Phi) is 40.6. The molecule has 0 aromatic carbocycles. The van der Waals surface area contributed by atoms with Crippen molar-refractivity contribution in [3.63, 3.8) is 0 Å². The summed E-state index contributed by atoms with van der Waals surface area (Å²) in [6, 6.07) is 0. The van der Waals surface area contributed by atoms with Crippen molar-refractivity contribution in [2.75, 3.05) is 58.9 Å². The fraction of sp³-hybridized carbons (Fsp3) is 0.615. The third-order valence-corrected chi connectivity index (χ3v) is 4.43. The second-order valence-corrected chi connectivity index (χ2v) is 6.33. The summed E-state index contributed by atoms with van der Waals surface area (Å²) in [6.07, 6.45) is 15.8. The third-order valence-electron chi connectivity index (χ3n) is 4.43. The van der Waals surface area contributed by atoms with E-state index in [0.29, 0.717) is 0 Å². The first-order valence-corrected chi connectivity index (χ1v) is 11.3. The van der Waals surface area contributed by atoms with E-state index in [1.165, 1.54) is 0 Å². The van der Waals surface area contributed by atoms with E-state index >= 15 is 0 Å². The van der Waals surface area contributed by atoms with Gasteiger partial charge in [-0.05, 0) is 39.3 Å². The van der Waals surface area contributed by atoms with Crippen LogP contribution in [-0.4, -0.2) is 73.6 Å². The summed E-state index contributed by atoms with van der Waals surface area (Å²) in [5.74, 6) is 0. The molecule has 0 amide bonds. The molecule has 0 aromatic rings. The van der Waals surface area contributed by atoms with E-state index in [0.717, 1.165) is 65.3 Å². The SMILES string of the molecule is C=CCN(CC)CC.C=CCN(CC)CC.C=CCN(CC)CC.[C-]1=CC=CC1.[Hf]. The predicted molar refractivity (Wildman–Crippen MR) is 136 cm³/mol. The monoisotopic (exact) mass is 584 g/mol. The topological polar surface area (TPSA) is 9.72 Å². The molecule has 3 nitrogen and oxygen atoms in total. The minimum absolute atomic E-state index is 0. The molecule has 0 radical (unpaired) electrons. The Morgan fingerprint density at radius 3 is 1.03 bits per heavy atom. The molecule has 174 valence electrons. The van der Waals surface area contributed by atoms with Gasteiger partial charge in [0.25, 0.3) is 0 Å². The fourth-order valence-corrected chi connectivity index (χ4v) is 2.33. The molecule has 4 heteroatoms. The summed E-state index contributed by atoms with van der Waals surface area (Å²) >= 11 is 0. The molecule has 0 fully saturated rings. The second kappa shape index (κ2) is 33.1. The normalized spacial score (nSPS) is 10.8. The van der Waals surface area contributed by atoms with Gasteiger partial charge in [-0.1, -0.05) is 59.8 Å². The van der Waals surface area contributed by atoms with Crippen molar-refractivity contribution in [1.82, 2.24) is 14.7 Å². The van der Waals surface area contributed by atoms with Gasteiger partial charge in [0.15, 0.2) is 0 Å². The van der Waals surface area contributed by atoms with Crippen LogP contribution in [0.4, 0.5) is 0 Å². The summed E-state index contributed by atoms with van der Waals surface area (Å²) < 4.78 is 0. The Balaban J connectivity index is -0.000000150. The van der Waals surface area contributed by atoms with Crippen LogP contribution in [0.1, 0.15) is 48.0 Å². The van der Waals surface area contributed by atoms with Crippen LogP contribution in [0, 0.1) is 6.08 Å². The molecule has 0 spiro atoms. The molecule has 0 bridgehead atoms. The quantitative estimate of drug-likeness (QED) is 0.162. The number of allylic oxidation sites excluding steroid dienone is 4. The number of nitrogens with zero attached hydrogens (tertiary/aromatic N) is 3. The molecule has 1 aliphatic rings. The van der Waals surface area contributed by atoms with E-state index in [-0.39, 0.29) is 25.8 Å². The van der Waals surface area contributed by atoms with Crippen molar-refractivity contribution in [2.45, 2.75) is 48.0 Å². The molecule has 0 atom stereocenters. The molecule has 0 saturated heterocycles. The van der Waals surface area contributed by atoms with Crippen LogP contribution in [0.15, 0.2) is 56.2 Å². The minimum Gasteiger partial charge on any atom is -0.300 e. The molecular weight excluding hydrogens is 533 g/mol. The average Bonchev–Trinajstić information content (AvgIpc) is 3.35. The van der Waals surface area contributed by atoms with Gasteiger partial charge in [-0.3, -0.25) is 6.08 Å². The number of hydrogen-bond acceptors (Lipinski definition) is 3. The zero-order valence-corrected chi connectivity index (χ0v) is 24.6. The maximum atomic E-state index is 3.65. The van der Waals surface area contributed by atoms with E-state index in [1.54, 1.807) is 0 Å². The molecule has 0 unspecified atom stereocenters. The molecule has 1 rings (SSSR count). The van der Waals surface area contributed by atoms with Gasteiger partial charge in [0.1, 0.15) is 0 Å². The van der Waals surface area contributed by atoms with E-state index in [2.05, 4.69) is 88.1 Å². The Morgan fingerprint density at radius 2 is 0.967 bits per heavy atom. The Bertz CT molecular complexity index is 340. The molecule has 0 saturated carbocycles. The molecule has 0 aliphatic heterocycles. The van der Waals surface area contributed by atoms with Gasteiger partial charge in [-0.2, -0.15) is 6.08 Å². The second-order valence-electron chi connectivity index (χ2n) is 6.33. The summed E-state index contributed by atoms with van der Waals surface area (Å²) in [6.45, 7) is 33.8. The van der Waals surface area contributed by atoms with Crippen LogP contribution in [0.25, 0.3) is 0 Å². The molecular formula is C26H50HfN3-. The summed E-state index contributed by atoms with van der Waals surface area (Å²) in [7, 11) is 0. The van der Waals surface area contributed by atoms with E-state index in [9.17, 15) is 0 Å². The van der Waals surface area contributed by atoms with Crippen LogP contribution in [0.5, 0.6) is 0 Å². The van der Waals surface area contributed by atoms with Crippen LogP contribution < -0.4 is 0 Å². The number of hydrogen-bond donors (Lipinski definition) is 0. The van der Waals surface area contributed by atoms with Gasteiger partial charge in [0.05, 0.1) is 0 Å².